The van der Waals surface area contributed by atoms with Gasteiger partial charge >= 0.3 is 0 Å². The summed E-state index contributed by atoms with van der Waals surface area (Å²) < 4.78 is 0. The maximum atomic E-state index is 5.28. The molecule has 0 unspecified atom stereocenters. The minimum atomic E-state index is -0.135. The highest BCUT2D eigenvalue weighted by Gasteiger charge is 2.36. The molecule has 5 nitrogen and oxygen atoms in total. The molecule has 0 aliphatic carbocycles. The van der Waals surface area contributed by atoms with E-state index in [0.717, 1.165) is 73.0 Å². The quantitative estimate of drug-likeness (QED) is 0.153. The van der Waals surface area contributed by atoms with Crippen molar-refractivity contribution >= 4 is 17.1 Å². The Bertz CT molecular complexity index is 2970. The third-order valence-electron chi connectivity index (χ3n) is 12.3. The molecule has 0 saturated carbocycles. The molecule has 1 aliphatic heterocycles. The number of hydrogen-bond donors (Lipinski definition) is 0. The van der Waals surface area contributed by atoms with E-state index in [9.17, 15) is 0 Å². The molecule has 304 valence electrons. The highest BCUT2D eigenvalue weighted by Crippen LogP contribution is 2.51. The highest BCUT2D eigenvalue weighted by molar-refractivity contribution is 5.88. The van der Waals surface area contributed by atoms with Crippen molar-refractivity contribution in [2.45, 2.75) is 19.3 Å². The third-order valence-corrected chi connectivity index (χ3v) is 12.3. The van der Waals surface area contributed by atoms with Gasteiger partial charge in [0.2, 0.25) is 0 Å². The van der Waals surface area contributed by atoms with Gasteiger partial charge in [-0.25, -0.2) is 19.9 Å². The molecule has 0 spiro atoms. The van der Waals surface area contributed by atoms with Crippen LogP contribution in [0.25, 0.3) is 78.9 Å². The summed E-state index contributed by atoms with van der Waals surface area (Å²) in [5, 5.41) is 0. The molecular weight excluding hydrogens is 779 g/mol. The monoisotopic (exact) mass is 821 g/mol. The zero-order valence-electron chi connectivity index (χ0n) is 35.6. The fourth-order valence-electron chi connectivity index (χ4n) is 8.98. The number of nitrogens with zero attached hydrogens (tertiary/aromatic N) is 5. The maximum absolute atomic E-state index is 5.28. The minimum absolute atomic E-state index is 0.135. The molecule has 1 aliphatic rings. The molecule has 10 aromatic rings. The lowest BCUT2D eigenvalue weighted by atomic mass is 9.73. The first-order valence-corrected chi connectivity index (χ1v) is 21.7. The Balaban J connectivity index is 1.10. The average molecular weight is 822 g/mol. The number of benzene rings is 8. The Labute approximate surface area is 374 Å². The van der Waals surface area contributed by atoms with Crippen molar-refractivity contribution in [2.24, 2.45) is 0 Å². The summed E-state index contributed by atoms with van der Waals surface area (Å²) in [5.74, 6) is 1.33. The molecular formula is C59H43N5. The van der Waals surface area contributed by atoms with Crippen LogP contribution in [0.1, 0.15) is 25.0 Å². The number of aromatic nitrogens is 4. The van der Waals surface area contributed by atoms with Crippen LogP contribution in [0.5, 0.6) is 0 Å². The van der Waals surface area contributed by atoms with Gasteiger partial charge in [-0.15, -0.1) is 0 Å². The van der Waals surface area contributed by atoms with E-state index in [-0.39, 0.29) is 5.41 Å². The predicted molar refractivity (Wildman–Crippen MR) is 262 cm³/mol. The molecule has 0 radical (unpaired) electrons. The van der Waals surface area contributed by atoms with E-state index in [1.165, 1.54) is 22.5 Å². The van der Waals surface area contributed by atoms with Crippen LogP contribution in [0.4, 0.5) is 17.1 Å². The van der Waals surface area contributed by atoms with E-state index in [1.54, 1.807) is 0 Å². The van der Waals surface area contributed by atoms with Crippen molar-refractivity contribution in [2.75, 3.05) is 4.90 Å². The van der Waals surface area contributed by atoms with Crippen LogP contribution in [-0.4, -0.2) is 19.9 Å². The Morgan fingerprint density at radius 1 is 0.297 bits per heavy atom. The first kappa shape index (κ1) is 38.6. The molecule has 0 fully saturated rings. The van der Waals surface area contributed by atoms with Crippen LogP contribution in [0.15, 0.2) is 224 Å². The fourth-order valence-corrected chi connectivity index (χ4v) is 8.98. The van der Waals surface area contributed by atoms with Crippen molar-refractivity contribution in [3.8, 4) is 78.9 Å². The van der Waals surface area contributed by atoms with Gasteiger partial charge in [0.05, 0.1) is 34.2 Å². The molecule has 8 aromatic carbocycles. The lowest BCUT2D eigenvalue weighted by Gasteiger charge is -2.42. The van der Waals surface area contributed by atoms with Gasteiger partial charge in [0.25, 0.3) is 0 Å². The van der Waals surface area contributed by atoms with Crippen LogP contribution >= 0.6 is 0 Å². The Morgan fingerprint density at radius 2 is 0.641 bits per heavy atom. The molecule has 0 amide bonds. The molecule has 0 N–H and O–H groups in total. The number of rotatable bonds is 8. The average Bonchev–Trinajstić information content (AvgIpc) is 3.37. The molecule has 5 heteroatoms. The zero-order valence-corrected chi connectivity index (χ0v) is 35.6. The van der Waals surface area contributed by atoms with Crippen molar-refractivity contribution in [3.63, 3.8) is 0 Å². The second-order valence-electron chi connectivity index (χ2n) is 16.7. The van der Waals surface area contributed by atoms with Gasteiger partial charge < -0.3 is 4.90 Å². The molecule has 3 heterocycles. The molecule has 64 heavy (non-hydrogen) atoms. The largest absolute Gasteiger partial charge is 0.310 e. The summed E-state index contributed by atoms with van der Waals surface area (Å²) in [6, 6.07) is 78.5. The first-order valence-electron chi connectivity index (χ1n) is 21.7. The van der Waals surface area contributed by atoms with Crippen molar-refractivity contribution in [1.82, 2.24) is 19.9 Å². The van der Waals surface area contributed by atoms with Crippen LogP contribution < -0.4 is 4.90 Å². The van der Waals surface area contributed by atoms with Crippen LogP contribution in [0.2, 0.25) is 0 Å². The smallest absolute Gasteiger partial charge is 0.160 e. The molecule has 0 saturated heterocycles. The predicted octanol–water partition coefficient (Wildman–Crippen LogP) is 15.0. The number of para-hydroxylation sites is 2. The van der Waals surface area contributed by atoms with E-state index >= 15 is 0 Å². The number of hydrogen-bond acceptors (Lipinski definition) is 5. The summed E-state index contributed by atoms with van der Waals surface area (Å²) in [6.45, 7) is 4.64. The molecule has 2 aromatic heterocycles. The number of anilines is 3. The Morgan fingerprint density at radius 3 is 1.06 bits per heavy atom. The van der Waals surface area contributed by atoms with E-state index < -0.39 is 0 Å². The van der Waals surface area contributed by atoms with Gasteiger partial charge in [0, 0.05) is 44.5 Å². The minimum Gasteiger partial charge on any atom is -0.310 e. The first-order chi connectivity index (χ1) is 31.5. The van der Waals surface area contributed by atoms with Gasteiger partial charge in [-0.1, -0.05) is 184 Å². The highest BCUT2D eigenvalue weighted by atomic mass is 15.2. The second-order valence-corrected chi connectivity index (χ2v) is 16.7. The van der Waals surface area contributed by atoms with Gasteiger partial charge in [0.1, 0.15) is 0 Å². The van der Waals surface area contributed by atoms with Crippen LogP contribution in [0, 0.1) is 0 Å². The Kier molecular flexibility index (Phi) is 9.78. The lowest BCUT2D eigenvalue weighted by molar-refractivity contribution is 0.632. The molecule has 0 atom stereocenters. The normalized spacial score (nSPS) is 12.6. The topological polar surface area (TPSA) is 54.8 Å². The molecule has 0 bridgehead atoms. The summed E-state index contributed by atoms with van der Waals surface area (Å²) in [7, 11) is 0. The summed E-state index contributed by atoms with van der Waals surface area (Å²) in [4.78, 5) is 23.2. The molecule has 11 rings (SSSR count). The summed E-state index contributed by atoms with van der Waals surface area (Å²) >= 11 is 0. The van der Waals surface area contributed by atoms with Crippen molar-refractivity contribution in [3.05, 3.63) is 236 Å². The van der Waals surface area contributed by atoms with Gasteiger partial charge in [0.15, 0.2) is 11.6 Å². The lowest BCUT2D eigenvalue weighted by Crippen LogP contribution is -2.30. The van der Waals surface area contributed by atoms with E-state index in [2.05, 4.69) is 170 Å². The van der Waals surface area contributed by atoms with Crippen LogP contribution in [0.3, 0.4) is 0 Å². The SMILES string of the molecule is CC1(C)c2ccccc2N(c2ccc(-c3cc(-c4cc(-c5ccccc5)nc(-c5ccccc5)n4)cc(-c4cc(-c5ccccc5)nc(-c5ccccc5)n4)c3)cc2)c2ccccc21. The van der Waals surface area contributed by atoms with Crippen molar-refractivity contribution in [1.29, 1.82) is 0 Å². The summed E-state index contributed by atoms with van der Waals surface area (Å²) in [5.41, 5.74) is 17.3. The van der Waals surface area contributed by atoms with Crippen LogP contribution in [-0.2, 0) is 5.41 Å². The van der Waals surface area contributed by atoms with Crippen molar-refractivity contribution < 1.29 is 0 Å². The van der Waals surface area contributed by atoms with Gasteiger partial charge in [-0.3, -0.25) is 0 Å². The maximum Gasteiger partial charge on any atom is 0.160 e. The zero-order chi connectivity index (χ0) is 43.0. The van der Waals surface area contributed by atoms with E-state index in [0.29, 0.717) is 11.6 Å². The Hall–Kier alpha value is -8.28. The van der Waals surface area contributed by atoms with Gasteiger partial charge in [-0.2, -0.15) is 0 Å². The summed E-state index contributed by atoms with van der Waals surface area (Å²) in [6.07, 6.45) is 0. The fraction of sp³-hybridized carbons (Fsp3) is 0.0508. The van der Waals surface area contributed by atoms with E-state index in [4.69, 9.17) is 19.9 Å². The second kappa shape index (κ2) is 16.2. The standard InChI is InChI=1S/C59H43N5/c1-59(2)49-27-15-17-29-55(49)64(56-30-18-16-28-50(56)59)48-33-31-40(32-34-48)45-35-46(53-38-51(41-19-7-3-8-20-41)60-57(62-53)43-23-11-5-12-24-43)37-47(36-45)54-39-52(42-21-9-4-10-22-42)61-58(63-54)44-25-13-6-14-26-44/h3-39H,1-2H3. The third kappa shape index (κ3) is 7.23. The van der Waals surface area contributed by atoms with Gasteiger partial charge in [-0.05, 0) is 76.9 Å². The number of fused-ring (bicyclic) bond motifs is 2. The van der Waals surface area contributed by atoms with E-state index in [1.807, 2.05) is 72.8 Å².